The van der Waals surface area contributed by atoms with Crippen LogP contribution < -0.4 is 14.5 Å². The Bertz CT molecular complexity index is 1190. The number of aryl methyl sites for hydroxylation is 2. The number of ether oxygens (including phenoxy) is 1. The van der Waals surface area contributed by atoms with Gasteiger partial charge in [0.15, 0.2) is 11.5 Å². The SMILES string of the molecule is Cc1ccc2c(c1)OCC(C)N2C(=O)N1CC2(C1)CN(c1nn(C)c3ncccc13)C2. The number of hydrogen-bond acceptors (Lipinski definition) is 5. The van der Waals surface area contributed by atoms with Gasteiger partial charge >= 0.3 is 6.03 Å². The van der Waals surface area contributed by atoms with Gasteiger partial charge in [-0.15, -0.1) is 0 Å². The van der Waals surface area contributed by atoms with Gasteiger partial charge in [0.1, 0.15) is 12.4 Å². The summed E-state index contributed by atoms with van der Waals surface area (Å²) >= 11 is 0. The molecule has 3 aliphatic heterocycles. The van der Waals surface area contributed by atoms with Crippen LogP contribution in [0.15, 0.2) is 36.5 Å². The molecule has 0 N–H and O–H groups in total. The number of nitrogens with zero attached hydrogens (tertiary/aromatic N) is 6. The summed E-state index contributed by atoms with van der Waals surface area (Å²) < 4.78 is 7.71. The zero-order chi connectivity index (χ0) is 21.3. The Morgan fingerprint density at radius 3 is 2.81 bits per heavy atom. The van der Waals surface area contributed by atoms with E-state index >= 15 is 0 Å². The Morgan fingerprint density at radius 1 is 1.19 bits per heavy atom. The van der Waals surface area contributed by atoms with Crippen LogP contribution in [0.4, 0.5) is 16.3 Å². The highest BCUT2D eigenvalue weighted by Crippen LogP contribution is 2.44. The fourth-order valence-corrected chi connectivity index (χ4v) is 5.22. The third-order valence-corrected chi connectivity index (χ3v) is 6.76. The minimum atomic E-state index is 0.0181. The molecule has 1 unspecified atom stereocenters. The smallest absolute Gasteiger partial charge is 0.325 e. The predicted molar refractivity (Wildman–Crippen MR) is 119 cm³/mol. The third-order valence-electron chi connectivity index (χ3n) is 6.76. The van der Waals surface area contributed by atoms with Crippen LogP contribution in [-0.4, -0.2) is 64.5 Å². The van der Waals surface area contributed by atoms with Crippen molar-refractivity contribution in [3.63, 3.8) is 0 Å². The lowest BCUT2D eigenvalue weighted by Crippen LogP contribution is -2.74. The molecule has 3 aliphatic rings. The van der Waals surface area contributed by atoms with Crippen molar-refractivity contribution in [1.29, 1.82) is 0 Å². The van der Waals surface area contributed by atoms with Crippen LogP contribution in [0.5, 0.6) is 5.75 Å². The first kappa shape index (κ1) is 18.5. The lowest BCUT2D eigenvalue weighted by Gasteiger charge is -2.61. The van der Waals surface area contributed by atoms with E-state index in [1.54, 1.807) is 6.20 Å². The summed E-state index contributed by atoms with van der Waals surface area (Å²) in [6, 6.07) is 10.2. The van der Waals surface area contributed by atoms with Crippen molar-refractivity contribution in [2.45, 2.75) is 19.9 Å². The summed E-state index contributed by atoms with van der Waals surface area (Å²) in [5.74, 6) is 1.79. The van der Waals surface area contributed by atoms with Crippen LogP contribution in [0, 0.1) is 12.3 Å². The van der Waals surface area contributed by atoms with E-state index in [1.165, 1.54) is 0 Å². The molecule has 6 rings (SSSR count). The fourth-order valence-electron chi connectivity index (χ4n) is 5.22. The molecule has 1 atom stereocenters. The van der Waals surface area contributed by atoms with Gasteiger partial charge in [0.05, 0.1) is 17.1 Å². The largest absolute Gasteiger partial charge is 0.489 e. The second-order valence-electron chi connectivity index (χ2n) is 9.32. The maximum absolute atomic E-state index is 13.4. The molecule has 0 saturated carbocycles. The number of likely N-dealkylation sites (tertiary alicyclic amines) is 1. The molecular weight excluding hydrogens is 392 g/mol. The van der Waals surface area contributed by atoms with Crippen LogP contribution in [-0.2, 0) is 7.05 Å². The highest BCUT2D eigenvalue weighted by atomic mass is 16.5. The molecule has 2 amide bonds. The second-order valence-corrected chi connectivity index (χ2v) is 9.32. The highest BCUT2D eigenvalue weighted by Gasteiger charge is 2.55. The molecule has 1 spiro atoms. The number of urea groups is 1. The van der Waals surface area contributed by atoms with E-state index < -0.39 is 0 Å². The average molecular weight is 419 g/mol. The highest BCUT2D eigenvalue weighted by molar-refractivity contribution is 5.95. The minimum absolute atomic E-state index is 0.0181. The minimum Gasteiger partial charge on any atom is -0.489 e. The van der Waals surface area contributed by atoms with Crippen LogP contribution in [0.3, 0.4) is 0 Å². The summed E-state index contributed by atoms with van der Waals surface area (Å²) in [5.41, 5.74) is 3.08. The van der Waals surface area contributed by atoms with Gasteiger partial charge in [-0.1, -0.05) is 6.07 Å². The number of fused-ring (bicyclic) bond motifs is 2. The maximum atomic E-state index is 13.4. The van der Waals surface area contributed by atoms with E-state index in [2.05, 4.69) is 21.0 Å². The lowest BCUT2D eigenvalue weighted by molar-refractivity contribution is 0.00866. The molecule has 2 aromatic heterocycles. The summed E-state index contributed by atoms with van der Waals surface area (Å²) in [6.07, 6.45) is 1.80. The molecule has 3 aromatic rings. The van der Waals surface area contributed by atoms with Gasteiger partial charge < -0.3 is 14.5 Å². The Morgan fingerprint density at radius 2 is 2.00 bits per heavy atom. The number of amides is 2. The first-order chi connectivity index (χ1) is 14.9. The maximum Gasteiger partial charge on any atom is 0.325 e. The Kier molecular flexibility index (Phi) is 3.79. The zero-order valence-electron chi connectivity index (χ0n) is 18.1. The van der Waals surface area contributed by atoms with E-state index in [1.807, 2.05) is 59.6 Å². The van der Waals surface area contributed by atoms with Crippen molar-refractivity contribution in [3.05, 3.63) is 42.1 Å². The molecule has 31 heavy (non-hydrogen) atoms. The molecular formula is C23H26N6O2. The fraction of sp³-hybridized carbons (Fsp3) is 0.435. The van der Waals surface area contributed by atoms with Crippen molar-refractivity contribution in [2.24, 2.45) is 12.5 Å². The number of aromatic nitrogens is 3. The quantitative estimate of drug-likeness (QED) is 0.608. The van der Waals surface area contributed by atoms with Gasteiger partial charge in [-0.25, -0.2) is 14.5 Å². The predicted octanol–water partition coefficient (Wildman–Crippen LogP) is 2.81. The Labute approximate surface area is 181 Å². The first-order valence-electron chi connectivity index (χ1n) is 10.8. The molecule has 160 valence electrons. The summed E-state index contributed by atoms with van der Waals surface area (Å²) in [4.78, 5) is 24.0. The molecule has 8 heteroatoms. The zero-order valence-corrected chi connectivity index (χ0v) is 18.1. The van der Waals surface area contributed by atoms with Crippen LogP contribution in [0.2, 0.25) is 0 Å². The Balaban J connectivity index is 1.16. The number of benzene rings is 1. The number of rotatable bonds is 1. The van der Waals surface area contributed by atoms with Crippen molar-refractivity contribution < 1.29 is 9.53 Å². The number of carbonyl (C=O) groups is 1. The molecule has 8 nitrogen and oxygen atoms in total. The van der Waals surface area contributed by atoms with Crippen LogP contribution in [0.25, 0.3) is 11.0 Å². The van der Waals surface area contributed by atoms with Crippen molar-refractivity contribution in [3.8, 4) is 5.75 Å². The van der Waals surface area contributed by atoms with Gasteiger partial charge in [-0.3, -0.25) is 4.90 Å². The van der Waals surface area contributed by atoms with Gasteiger partial charge in [-0.2, -0.15) is 5.10 Å². The number of anilines is 2. The van der Waals surface area contributed by atoms with E-state index in [9.17, 15) is 4.79 Å². The van der Waals surface area contributed by atoms with Gasteiger partial charge in [-0.05, 0) is 43.7 Å². The van der Waals surface area contributed by atoms with Crippen LogP contribution in [0.1, 0.15) is 12.5 Å². The molecule has 5 heterocycles. The normalized spacial score (nSPS) is 21.5. The van der Waals surface area contributed by atoms with Gasteiger partial charge in [0.2, 0.25) is 0 Å². The van der Waals surface area contributed by atoms with Crippen molar-refractivity contribution in [2.75, 3.05) is 42.6 Å². The van der Waals surface area contributed by atoms with E-state index in [-0.39, 0.29) is 17.5 Å². The number of hydrogen-bond donors (Lipinski definition) is 0. The van der Waals surface area contributed by atoms with Crippen LogP contribution >= 0.6 is 0 Å². The van der Waals surface area contributed by atoms with Gasteiger partial charge in [0.25, 0.3) is 0 Å². The Hall–Kier alpha value is -3.29. The number of pyridine rings is 1. The standard InChI is InChI=1S/C23H26N6O2/c1-15-6-7-18-19(9-15)31-10-16(2)29(18)22(30)28-13-23(14-28)11-27(12-23)21-17-5-4-8-24-20(17)26(3)25-21/h4-9,16H,10-14H2,1-3H3. The summed E-state index contributed by atoms with van der Waals surface area (Å²) in [5, 5.41) is 5.77. The topological polar surface area (TPSA) is 66.7 Å². The summed E-state index contributed by atoms with van der Waals surface area (Å²) in [6.45, 7) is 8.03. The third kappa shape index (κ3) is 2.70. The second kappa shape index (κ2) is 6.35. The molecule has 0 aliphatic carbocycles. The first-order valence-corrected chi connectivity index (χ1v) is 10.8. The van der Waals surface area contributed by atoms with Gasteiger partial charge in [0, 0.05) is 44.8 Å². The summed E-state index contributed by atoms with van der Waals surface area (Å²) in [7, 11) is 1.93. The molecule has 0 radical (unpaired) electrons. The molecule has 2 saturated heterocycles. The lowest BCUT2D eigenvalue weighted by atomic mass is 9.73. The van der Waals surface area contributed by atoms with E-state index in [0.717, 1.165) is 60.0 Å². The van der Waals surface area contributed by atoms with E-state index in [0.29, 0.717) is 6.61 Å². The van der Waals surface area contributed by atoms with Crippen molar-refractivity contribution >= 4 is 28.6 Å². The monoisotopic (exact) mass is 418 g/mol. The molecule has 1 aromatic carbocycles. The van der Waals surface area contributed by atoms with Crippen molar-refractivity contribution in [1.82, 2.24) is 19.7 Å². The van der Waals surface area contributed by atoms with E-state index in [4.69, 9.17) is 4.74 Å². The number of carbonyl (C=O) groups excluding carboxylic acids is 1. The molecule has 0 bridgehead atoms. The average Bonchev–Trinajstić information content (AvgIpc) is 3.02. The molecule has 2 fully saturated rings.